The molecule has 1 aromatic rings. The molecule has 1 radical (unpaired) electrons. The van der Waals surface area contributed by atoms with Crippen LogP contribution in [0.15, 0.2) is 24.3 Å². The first-order chi connectivity index (χ1) is 5.91. The van der Waals surface area contributed by atoms with Crippen molar-refractivity contribution in [1.82, 2.24) is 0 Å². The van der Waals surface area contributed by atoms with E-state index in [0.717, 1.165) is 0 Å². The molecule has 0 bridgehead atoms. The van der Waals surface area contributed by atoms with Gasteiger partial charge in [0, 0.05) is 5.25 Å². The van der Waals surface area contributed by atoms with Crippen LogP contribution in [0.1, 0.15) is 44.1 Å². The third-order valence-electron chi connectivity index (χ3n) is 2.25. The van der Waals surface area contributed by atoms with E-state index in [0.29, 0.717) is 0 Å². The summed E-state index contributed by atoms with van der Waals surface area (Å²) in [5.74, 6) is 0. The van der Waals surface area contributed by atoms with Crippen LogP contribution in [0.3, 0.4) is 0 Å². The molecule has 0 heterocycles. The maximum atomic E-state index is 5.18. The van der Waals surface area contributed by atoms with Crippen LogP contribution in [-0.2, 0) is 5.41 Å². The van der Waals surface area contributed by atoms with Crippen molar-refractivity contribution in [2.24, 2.45) is 0 Å². The van der Waals surface area contributed by atoms with E-state index in [4.69, 9.17) is 12.6 Å². The number of rotatable bonds is 1. The summed E-state index contributed by atoms with van der Waals surface area (Å²) in [4.78, 5) is 0. The lowest BCUT2D eigenvalue weighted by Gasteiger charge is -2.19. The van der Waals surface area contributed by atoms with E-state index in [2.05, 4.69) is 45.0 Å². The maximum Gasteiger partial charge on any atom is 0.0373 e. The Bertz CT molecular complexity index is 264. The molecule has 0 aliphatic rings. The summed E-state index contributed by atoms with van der Waals surface area (Å²) in [5.41, 5.74) is 2.85. The molecule has 1 unspecified atom stereocenters. The molecule has 0 spiro atoms. The Labute approximate surface area is 86.8 Å². The highest BCUT2D eigenvalue weighted by Gasteiger charge is 2.13. The molecule has 71 valence electrons. The van der Waals surface area contributed by atoms with Gasteiger partial charge in [0.1, 0.15) is 0 Å². The van der Waals surface area contributed by atoms with Crippen molar-refractivity contribution in [3.05, 3.63) is 35.4 Å². The second kappa shape index (κ2) is 3.75. The van der Waals surface area contributed by atoms with E-state index in [1.165, 1.54) is 11.1 Å². The van der Waals surface area contributed by atoms with Gasteiger partial charge in [0.15, 0.2) is 0 Å². The van der Waals surface area contributed by atoms with Crippen LogP contribution in [-0.4, -0.2) is 0 Å². The van der Waals surface area contributed by atoms with Crippen molar-refractivity contribution in [1.29, 1.82) is 0 Å². The van der Waals surface area contributed by atoms with E-state index in [9.17, 15) is 0 Å². The van der Waals surface area contributed by atoms with Gasteiger partial charge in [-0.1, -0.05) is 57.7 Å². The molecule has 0 aromatic heterocycles. The monoisotopic (exact) mass is 193 g/mol. The highest BCUT2D eigenvalue weighted by Crippen LogP contribution is 2.25. The lowest BCUT2D eigenvalue weighted by atomic mass is 9.86. The zero-order chi connectivity index (χ0) is 10.1. The minimum Gasteiger partial charge on any atom is -0.0856 e. The molecule has 0 amide bonds. The van der Waals surface area contributed by atoms with Gasteiger partial charge in [-0.25, -0.2) is 0 Å². The Morgan fingerprint density at radius 1 is 1.08 bits per heavy atom. The minimum atomic E-state index is 0.217. The highest BCUT2D eigenvalue weighted by molar-refractivity contribution is 7.80. The normalized spacial score (nSPS) is 14.2. The van der Waals surface area contributed by atoms with Crippen molar-refractivity contribution < 1.29 is 0 Å². The van der Waals surface area contributed by atoms with Crippen LogP contribution >= 0.6 is 12.6 Å². The average Bonchev–Trinajstić information content (AvgIpc) is 2.03. The van der Waals surface area contributed by atoms with Crippen molar-refractivity contribution in [2.75, 3.05) is 0 Å². The van der Waals surface area contributed by atoms with Crippen LogP contribution in [0, 0.1) is 0 Å². The molecule has 1 atom stereocenters. The third-order valence-corrected chi connectivity index (χ3v) is 2.52. The predicted molar refractivity (Wildman–Crippen MR) is 61.1 cm³/mol. The van der Waals surface area contributed by atoms with Crippen molar-refractivity contribution in [3.63, 3.8) is 0 Å². The Balaban J connectivity index is 2.94. The Kier molecular flexibility index (Phi) is 3.07. The second-order valence-electron chi connectivity index (χ2n) is 4.51. The van der Waals surface area contributed by atoms with Crippen molar-refractivity contribution in [2.45, 2.75) is 38.4 Å². The van der Waals surface area contributed by atoms with Crippen molar-refractivity contribution in [3.8, 4) is 0 Å². The molecule has 1 aromatic carbocycles. The third kappa shape index (κ3) is 2.77. The molecular formula is C12H17S. The van der Waals surface area contributed by atoms with Crippen LogP contribution in [0.2, 0.25) is 0 Å². The first-order valence-corrected chi connectivity index (χ1v) is 5.14. The fraction of sp³-hybridized carbons (Fsp3) is 0.500. The molecule has 0 aliphatic heterocycles. The quantitative estimate of drug-likeness (QED) is 0.625. The van der Waals surface area contributed by atoms with Gasteiger partial charge >= 0.3 is 0 Å². The highest BCUT2D eigenvalue weighted by atomic mass is 32.1. The maximum absolute atomic E-state index is 5.18. The molecular weight excluding hydrogens is 176 g/mol. The van der Waals surface area contributed by atoms with Gasteiger partial charge in [-0.05, 0) is 23.5 Å². The minimum absolute atomic E-state index is 0.217. The van der Waals surface area contributed by atoms with E-state index < -0.39 is 0 Å². The standard InChI is InChI=1S/C12H17S/c1-9(13)10-5-7-11(8-6-10)12(2,3)4/h5-9H,1-4H3. The van der Waals surface area contributed by atoms with Crippen LogP contribution in [0.4, 0.5) is 0 Å². The van der Waals surface area contributed by atoms with Gasteiger partial charge in [-0.15, -0.1) is 0 Å². The molecule has 1 heteroatoms. The van der Waals surface area contributed by atoms with Gasteiger partial charge in [-0.2, -0.15) is 0 Å². The Morgan fingerprint density at radius 3 is 1.85 bits per heavy atom. The molecule has 0 fully saturated rings. The van der Waals surface area contributed by atoms with Crippen LogP contribution in [0.25, 0.3) is 0 Å². The fourth-order valence-corrected chi connectivity index (χ4v) is 1.41. The number of hydrogen-bond donors (Lipinski definition) is 0. The molecule has 0 aliphatic carbocycles. The van der Waals surface area contributed by atoms with Crippen LogP contribution in [0.5, 0.6) is 0 Å². The number of benzene rings is 1. The zero-order valence-corrected chi connectivity index (χ0v) is 9.61. The predicted octanol–water partition coefficient (Wildman–Crippen LogP) is 4.24. The molecule has 1 rings (SSSR count). The molecule has 0 saturated heterocycles. The summed E-state index contributed by atoms with van der Waals surface area (Å²) in [6.45, 7) is 8.71. The molecule has 0 nitrogen and oxygen atoms in total. The first-order valence-electron chi connectivity index (χ1n) is 4.67. The second-order valence-corrected chi connectivity index (χ2v) is 5.22. The van der Waals surface area contributed by atoms with E-state index in [1.807, 2.05) is 6.92 Å². The fourth-order valence-electron chi connectivity index (χ4n) is 1.25. The van der Waals surface area contributed by atoms with Gasteiger partial charge in [0.25, 0.3) is 0 Å². The topological polar surface area (TPSA) is 0 Å². The van der Waals surface area contributed by atoms with E-state index in [-0.39, 0.29) is 10.7 Å². The summed E-state index contributed by atoms with van der Waals surface area (Å²) < 4.78 is 0. The molecule has 0 N–H and O–H groups in total. The first kappa shape index (κ1) is 10.6. The largest absolute Gasteiger partial charge is 0.0856 e. The lowest BCUT2D eigenvalue weighted by Crippen LogP contribution is -2.10. The Morgan fingerprint density at radius 2 is 1.54 bits per heavy atom. The SMILES string of the molecule is CC([S])c1ccc(C(C)(C)C)cc1. The van der Waals surface area contributed by atoms with Crippen LogP contribution < -0.4 is 0 Å². The summed E-state index contributed by atoms with van der Waals surface area (Å²) >= 11 is 5.18. The summed E-state index contributed by atoms with van der Waals surface area (Å²) in [7, 11) is 0. The number of hydrogen-bond acceptors (Lipinski definition) is 0. The van der Waals surface area contributed by atoms with Gasteiger partial charge in [0.2, 0.25) is 0 Å². The van der Waals surface area contributed by atoms with E-state index in [1.54, 1.807) is 0 Å². The molecule has 13 heavy (non-hydrogen) atoms. The van der Waals surface area contributed by atoms with Gasteiger partial charge in [-0.3, -0.25) is 0 Å². The summed E-state index contributed by atoms with van der Waals surface area (Å²) in [5, 5.41) is 0.217. The zero-order valence-electron chi connectivity index (χ0n) is 8.79. The van der Waals surface area contributed by atoms with Crippen molar-refractivity contribution >= 4 is 12.6 Å². The smallest absolute Gasteiger partial charge is 0.0373 e. The summed E-state index contributed by atoms with van der Waals surface area (Å²) in [6.07, 6.45) is 0. The van der Waals surface area contributed by atoms with Gasteiger partial charge < -0.3 is 0 Å². The Hall–Kier alpha value is -0.430. The van der Waals surface area contributed by atoms with E-state index >= 15 is 0 Å². The van der Waals surface area contributed by atoms with Gasteiger partial charge in [0.05, 0.1) is 0 Å². The summed E-state index contributed by atoms with van der Waals surface area (Å²) in [6, 6.07) is 8.63. The average molecular weight is 193 g/mol. The molecule has 0 saturated carbocycles. The lowest BCUT2D eigenvalue weighted by molar-refractivity contribution is 0.590.